The number of aromatic nitrogens is 3. The fourth-order valence-electron chi connectivity index (χ4n) is 8.00. The van der Waals surface area contributed by atoms with Crippen molar-refractivity contribution in [1.82, 2.24) is 14.5 Å². The summed E-state index contributed by atoms with van der Waals surface area (Å²) in [5.41, 5.74) is 8.50. The van der Waals surface area contributed by atoms with E-state index in [1.54, 1.807) is 30.3 Å². The normalized spacial score (nSPS) is 15.2. The van der Waals surface area contributed by atoms with Crippen LogP contribution in [-0.4, -0.2) is 19.6 Å². The lowest BCUT2D eigenvalue weighted by Gasteiger charge is -2.23. The Morgan fingerprint density at radius 2 is 1.23 bits per heavy atom. The molecule has 0 unspecified atom stereocenters. The van der Waals surface area contributed by atoms with E-state index < -0.39 is 26.0 Å². The van der Waals surface area contributed by atoms with Crippen molar-refractivity contribution in [2.45, 2.75) is 92.2 Å². The second-order valence-corrected chi connectivity index (χ2v) is 18.1. The van der Waals surface area contributed by atoms with Gasteiger partial charge in [0.1, 0.15) is 11.6 Å². The highest BCUT2D eigenvalue weighted by atomic mass is 16.3. The van der Waals surface area contributed by atoms with Crippen LogP contribution in [0.25, 0.3) is 72.7 Å². The lowest BCUT2D eigenvalue weighted by Crippen LogP contribution is -2.12. The Morgan fingerprint density at radius 3 is 1.93 bits per heavy atom. The van der Waals surface area contributed by atoms with Crippen molar-refractivity contribution in [1.29, 1.82) is 0 Å². The molecular weight excluding hydrogens is 731 g/mol. The standard InChI is InChI=1S/C56H57N3O/c1-35-28-36(2)52(60)47(29-35)53-58-51-45(18-15-19-50(51)59(53)49-25-24-43(55(6,7)8)34-46(49)38-16-13-12-14-17-38)40-30-41(32-44(31-40)56(9,10)11)48-33-39(26-27-57-48)37-20-22-42(23-21-37)54(3,4)5/h12-34,60H,1-11H3/i6D3,7D3,8D3. The summed E-state index contributed by atoms with van der Waals surface area (Å²) in [5.74, 6) is 0.373. The van der Waals surface area contributed by atoms with Crippen LogP contribution in [0.15, 0.2) is 140 Å². The minimum Gasteiger partial charge on any atom is -0.507 e. The number of hydrogen-bond acceptors (Lipinski definition) is 3. The number of aryl methyl sites for hydroxylation is 2. The lowest BCUT2D eigenvalue weighted by atomic mass is 9.83. The number of aromatic hydroxyl groups is 1. The molecule has 2 heterocycles. The van der Waals surface area contributed by atoms with E-state index in [1.807, 2.05) is 67.1 Å². The first-order valence-electron chi connectivity index (χ1n) is 24.9. The molecule has 6 aromatic carbocycles. The number of imidazole rings is 1. The van der Waals surface area contributed by atoms with Gasteiger partial charge in [-0.15, -0.1) is 0 Å². The Balaban J connectivity index is 1.42. The number of fused-ring (bicyclic) bond motifs is 1. The largest absolute Gasteiger partial charge is 0.507 e. The minimum absolute atomic E-state index is 0.0128. The lowest BCUT2D eigenvalue weighted by molar-refractivity contribution is 0.472. The van der Waals surface area contributed by atoms with Gasteiger partial charge in [0, 0.05) is 35.2 Å². The van der Waals surface area contributed by atoms with Gasteiger partial charge in [-0.2, -0.15) is 0 Å². The molecule has 0 atom stereocenters. The molecule has 0 saturated heterocycles. The second kappa shape index (κ2) is 15.1. The molecule has 60 heavy (non-hydrogen) atoms. The smallest absolute Gasteiger partial charge is 0.149 e. The Bertz CT molecular complexity index is 3190. The SMILES string of the molecule is [2H]C([2H])([2H])C(c1ccc(-n2c(-c3cc(C)cc(C)c3O)nc3c(-c4cc(-c5cc(-c6ccc(C(C)(C)C)cc6)ccn5)cc(C(C)(C)C)c4)cccc32)c(-c2ccccc2)c1)(C([2H])([2H])[2H])C([2H])([2H])[2H]. The number of para-hydroxylation sites is 1. The number of pyridine rings is 1. The molecule has 0 aliphatic rings. The zero-order valence-corrected chi connectivity index (χ0v) is 35.6. The number of phenolic OH excluding ortho intramolecular Hbond substituents is 1. The maximum atomic E-state index is 11.9. The zero-order valence-electron chi connectivity index (χ0n) is 44.6. The first-order chi connectivity index (χ1) is 32.1. The highest BCUT2D eigenvalue weighted by Gasteiger charge is 2.25. The van der Waals surface area contributed by atoms with Gasteiger partial charge < -0.3 is 5.11 Å². The number of benzene rings is 6. The van der Waals surface area contributed by atoms with Crippen LogP contribution in [0.4, 0.5) is 0 Å². The van der Waals surface area contributed by atoms with Gasteiger partial charge in [-0.05, 0) is 129 Å². The number of phenols is 1. The molecule has 0 saturated carbocycles. The summed E-state index contributed by atoms with van der Waals surface area (Å²) < 4.78 is 78.8. The molecule has 0 radical (unpaired) electrons. The third kappa shape index (κ3) is 7.79. The van der Waals surface area contributed by atoms with Crippen LogP contribution < -0.4 is 0 Å². The fourth-order valence-corrected chi connectivity index (χ4v) is 8.00. The number of rotatable bonds is 6. The third-order valence-electron chi connectivity index (χ3n) is 11.4. The molecule has 4 nitrogen and oxygen atoms in total. The molecule has 4 heteroatoms. The first kappa shape index (κ1) is 30.7. The fraction of sp³-hybridized carbons (Fsp3) is 0.250. The molecule has 8 aromatic rings. The van der Waals surface area contributed by atoms with Crippen LogP contribution in [0.2, 0.25) is 0 Å². The third-order valence-corrected chi connectivity index (χ3v) is 11.4. The van der Waals surface area contributed by atoms with Crippen molar-refractivity contribution < 1.29 is 17.4 Å². The summed E-state index contributed by atoms with van der Waals surface area (Å²) in [6.45, 7) is 6.44. The number of nitrogens with zero attached hydrogens (tertiary/aromatic N) is 3. The minimum atomic E-state index is -3.47. The quantitative estimate of drug-likeness (QED) is 0.182. The van der Waals surface area contributed by atoms with E-state index in [-0.39, 0.29) is 22.1 Å². The second-order valence-electron chi connectivity index (χ2n) is 18.1. The molecule has 0 spiro atoms. The van der Waals surface area contributed by atoms with Crippen molar-refractivity contribution >= 4 is 11.0 Å². The van der Waals surface area contributed by atoms with Gasteiger partial charge in [0.25, 0.3) is 0 Å². The summed E-state index contributed by atoms with van der Waals surface area (Å²) in [5, 5.41) is 11.9. The van der Waals surface area contributed by atoms with Crippen LogP contribution in [0.3, 0.4) is 0 Å². The highest BCUT2D eigenvalue weighted by molar-refractivity contribution is 5.98. The van der Waals surface area contributed by atoms with Gasteiger partial charge >= 0.3 is 0 Å². The van der Waals surface area contributed by atoms with E-state index >= 15 is 0 Å². The van der Waals surface area contributed by atoms with Gasteiger partial charge in [-0.3, -0.25) is 9.55 Å². The summed E-state index contributed by atoms with van der Waals surface area (Å²) in [6.07, 6.45) is 1.84. The zero-order chi connectivity index (χ0) is 50.2. The topological polar surface area (TPSA) is 50.9 Å². The Labute approximate surface area is 369 Å². The average molecular weight is 797 g/mol. The van der Waals surface area contributed by atoms with Gasteiger partial charge in [0.05, 0.1) is 28.0 Å². The summed E-state index contributed by atoms with van der Waals surface area (Å²) in [4.78, 5) is 10.3. The molecule has 0 fully saturated rings. The van der Waals surface area contributed by atoms with Crippen molar-refractivity contribution in [3.8, 4) is 67.5 Å². The predicted octanol–water partition coefficient (Wildman–Crippen LogP) is 15.0. The molecule has 8 rings (SSSR count). The monoisotopic (exact) mass is 797 g/mol. The van der Waals surface area contributed by atoms with Crippen LogP contribution >= 0.6 is 0 Å². The maximum Gasteiger partial charge on any atom is 0.149 e. The van der Waals surface area contributed by atoms with Gasteiger partial charge in [-0.25, -0.2) is 4.98 Å². The molecule has 302 valence electrons. The molecule has 1 N–H and O–H groups in total. The van der Waals surface area contributed by atoms with E-state index in [0.29, 0.717) is 44.8 Å². The van der Waals surface area contributed by atoms with Gasteiger partial charge in [0.2, 0.25) is 0 Å². The Morgan fingerprint density at radius 1 is 0.533 bits per heavy atom. The summed E-state index contributed by atoms with van der Waals surface area (Å²) >= 11 is 0. The first-order valence-corrected chi connectivity index (χ1v) is 20.4. The van der Waals surface area contributed by atoms with E-state index in [0.717, 1.165) is 44.6 Å². The van der Waals surface area contributed by atoms with Crippen LogP contribution in [0.5, 0.6) is 5.75 Å². The predicted molar refractivity (Wildman–Crippen MR) is 253 cm³/mol. The van der Waals surface area contributed by atoms with E-state index in [1.165, 1.54) is 17.7 Å². The van der Waals surface area contributed by atoms with Crippen molar-refractivity contribution in [2.24, 2.45) is 0 Å². The van der Waals surface area contributed by atoms with Crippen molar-refractivity contribution in [3.63, 3.8) is 0 Å². The van der Waals surface area contributed by atoms with Gasteiger partial charge in [0.15, 0.2) is 0 Å². The average Bonchev–Trinajstić information content (AvgIpc) is 3.65. The molecule has 0 aliphatic heterocycles. The molecule has 0 aliphatic carbocycles. The highest BCUT2D eigenvalue weighted by Crippen LogP contribution is 2.43. The number of hydrogen-bond donors (Lipinski definition) is 1. The van der Waals surface area contributed by atoms with E-state index in [4.69, 9.17) is 22.3 Å². The maximum absolute atomic E-state index is 11.9. The van der Waals surface area contributed by atoms with E-state index in [9.17, 15) is 5.11 Å². The van der Waals surface area contributed by atoms with Gasteiger partial charge in [-0.1, -0.05) is 147 Å². The summed E-state index contributed by atoms with van der Waals surface area (Å²) in [7, 11) is 0. The Hall–Kier alpha value is -6.26. The van der Waals surface area contributed by atoms with Crippen molar-refractivity contribution in [2.75, 3.05) is 0 Å². The summed E-state index contributed by atoms with van der Waals surface area (Å²) in [6, 6.07) is 42.1. The van der Waals surface area contributed by atoms with Crippen LogP contribution in [0.1, 0.15) is 102 Å². The van der Waals surface area contributed by atoms with E-state index in [2.05, 4.69) is 90.1 Å². The Kier molecular flexibility index (Phi) is 7.73. The molecule has 2 aromatic heterocycles. The molecule has 0 amide bonds. The molecular formula is C56H57N3O. The van der Waals surface area contributed by atoms with Crippen LogP contribution in [0, 0.1) is 13.8 Å². The van der Waals surface area contributed by atoms with Crippen molar-refractivity contribution in [3.05, 3.63) is 167 Å². The van der Waals surface area contributed by atoms with Crippen LogP contribution in [-0.2, 0) is 16.2 Å². The molecule has 0 bridgehead atoms.